The molecule has 8 heteroatoms. The topological polar surface area (TPSA) is 95.5 Å². The first-order valence-electron chi connectivity index (χ1n) is 9.01. The molecule has 28 heavy (non-hydrogen) atoms. The minimum Gasteiger partial charge on any atom is -0.361 e. The lowest BCUT2D eigenvalue weighted by Gasteiger charge is -2.32. The van der Waals surface area contributed by atoms with Crippen LogP contribution in [0.3, 0.4) is 0 Å². The van der Waals surface area contributed by atoms with Crippen LogP contribution in [0.15, 0.2) is 0 Å². The zero-order chi connectivity index (χ0) is 20.3. The summed E-state index contributed by atoms with van der Waals surface area (Å²) in [4.78, 5) is 29.6. The Balaban J connectivity index is 0. The summed E-state index contributed by atoms with van der Waals surface area (Å²) in [5, 5.41) is 0. The van der Waals surface area contributed by atoms with Crippen LogP contribution in [0, 0.1) is 0 Å². The highest BCUT2D eigenvalue weighted by molar-refractivity contribution is 6.35. The highest BCUT2D eigenvalue weighted by Crippen LogP contribution is 2.28. The van der Waals surface area contributed by atoms with Gasteiger partial charge in [-0.15, -0.1) is 0 Å². The van der Waals surface area contributed by atoms with E-state index in [2.05, 4.69) is 4.79 Å². The number of carbonyl (C=O) groups is 2. The van der Waals surface area contributed by atoms with Gasteiger partial charge in [0.1, 0.15) is 11.4 Å². The van der Waals surface area contributed by atoms with Crippen LogP contribution in [0.2, 0.25) is 0 Å². The molecule has 164 valence electrons. The van der Waals surface area contributed by atoms with Crippen molar-refractivity contribution >= 4 is 17.5 Å². The Morgan fingerprint density at radius 2 is 1.39 bits per heavy atom. The third kappa shape index (κ3) is 6.12. The van der Waals surface area contributed by atoms with Gasteiger partial charge in [-0.3, -0.25) is 14.5 Å². The van der Waals surface area contributed by atoms with Crippen LogP contribution < -0.4 is 0 Å². The van der Waals surface area contributed by atoms with Gasteiger partial charge in [0.15, 0.2) is 0 Å². The first-order chi connectivity index (χ1) is 11.9. The predicted molar refractivity (Wildman–Crippen MR) is 111 cm³/mol. The Bertz CT molecular complexity index is 597. The Kier molecular flexibility index (Phi) is 10.9. The Morgan fingerprint density at radius 3 is 1.68 bits per heavy atom. The smallest absolute Gasteiger partial charge is 0.353 e. The Labute approximate surface area is 170 Å². The minimum atomic E-state index is -0.623. The van der Waals surface area contributed by atoms with Crippen LogP contribution in [0.1, 0.15) is 76.7 Å². The van der Waals surface area contributed by atoms with Gasteiger partial charge in [0.05, 0.1) is 25.3 Å². The van der Waals surface area contributed by atoms with Crippen molar-refractivity contribution in [2.24, 2.45) is 0 Å². The number of amides is 2. The number of carbonyl (C=O) groups excluding carboxylic acids is 2. The number of rotatable bonds is 2. The molecule has 2 aliphatic heterocycles. The van der Waals surface area contributed by atoms with Crippen LogP contribution in [0.4, 0.5) is 0 Å². The average molecular weight is 401 g/mol. The largest absolute Gasteiger partial charge is 0.361 e. The third-order valence-corrected chi connectivity index (χ3v) is 4.65. The lowest BCUT2D eigenvalue weighted by molar-refractivity contribution is -0.145. The lowest BCUT2D eigenvalue weighted by Crippen LogP contribution is -2.49. The van der Waals surface area contributed by atoms with Crippen molar-refractivity contribution < 1.29 is 23.9 Å². The first-order valence-corrected chi connectivity index (χ1v) is 9.01. The molecule has 0 N–H and O–H groups in total. The maximum absolute atomic E-state index is 11.8. The molecule has 2 atom stereocenters. The molecule has 0 bridgehead atoms. The van der Waals surface area contributed by atoms with Crippen molar-refractivity contribution in [1.82, 2.24) is 9.80 Å². The summed E-state index contributed by atoms with van der Waals surface area (Å²) in [5.41, 5.74) is 7.57. The second-order valence-corrected chi connectivity index (χ2v) is 7.69. The van der Waals surface area contributed by atoms with Gasteiger partial charge in [-0.2, -0.15) is 4.79 Å². The molecule has 0 aromatic rings. The van der Waals surface area contributed by atoms with Crippen molar-refractivity contribution in [1.29, 1.82) is 0 Å². The zero-order valence-electron chi connectivity index (χ0n) is 17.2. The molecule has 0 saturated carbocycles. The lowest BCUT2D eigenvalue weighted by atomic mass is 10.2. The summed E-state index contributed by atoms with van der Waals surface area (Å²) in [5.74, 6) is -0.118. The van der Waals surface area contributed by atoms with Crippen LogP contribution in [0.5, 0.6) is 0 Å². The van der Waals surface area contributed by atoms with E-state index in [1.807, 2.05) is 53.4 Å². The molecule has 2 amide bonds. The van der Waals surface area contributed by atoms with Crippen molar-refractivity contribution in [3.8, 4) is 0 Å². The third-order valence-electron chi connectivity index (χ3n) is 4.65. The molecule has 2 unspecified atom stereocenters. The van der Waals surface area contributed by atoms with Gasteiger partial charge < -0.3 is 19.9 Å². The van der Waals surface area contributed by atoms with E-state index >= 15 is 0 Å². The molecule has 0 radical (unpaired) electrons. The molecular formula is C20H40N4O4. The number of ether oxygens (including phenoxy) is 2. The zero-order valence-corrected chi connectivity index (χ0v) is 17.2. The van der Waals surface area contributed by atoms with Gasteiger partial charge >= 0.3 is 11.6 Å². The van der Waals surface area contributed by atoms with Crippen molar-refractivity contribution in [2.75, 3.05) is 13.2 Å². The van der Waals surface area contributed by atoms with Crippen LogP contribution >= 0.6 is 0 Å². The highest BCUT2D eigenvalue weighted by Gasteiger charge is 2.44. The maximum atomic E-state index is 11.8. The summed E-state index contributed by atoms with van der Waals surface area (Å²) in [6, 6.07) is 0.224. The van der Waals surface area contributed by atoms with Gasteiger partial charge in [-0.25, -0.2) is 0 Å². The normalized spacial score (nSPS) is 24.1. The summed E-state index contributed by atoms with van der Waals surface area (Å²) < 4.78 is 10.9. The molecular weight excluding hydrogens is 360 g/mol. The fraction of sp³-hybridized carbons (Fsp3) is 0.850. The highest BCUT2D eigenvalue weighted by atomic mass is 16.5. The summed E-state index contributed by atoms with van der Waals surface area (Å²) >= 11 is 0. The molecule has 0 aromatic heterocycles. The minimum absolute atomic E-state index is 0. The SMILES string of the molecule is C.C.CC(=[N+]=[N-])C(=O)N1C(C)COC1(C)C.CCC(=O)N1C(C)COC1(C)C. The summed E-state index contributed by atoms with van der Waals surface area (Å²) in [6.07, 6.45) is 0.553. The van der Waals surface area contributed by atoms with E-state index in [9.17, 15) is 9.59 Å². The van der Waals surface area contributed by atoms with Crippen LogP contribution in [-0.2, 0) is 19.1 Å². The van der Waals surface area contributed by atoms with Gasteiger partial charge in [0.25, 0.3) is 0 Å². The predicted octanol–water partition coefficient (Wildman–Crippen LogP) is 3.31. The Hall–Kier alpha value is -1.76. The van der Waals surface area contributed by atoms with Crippen LogP contribution in [0.25, 0.3) is 5.53 Å². The maximum Gasteiger partial charge on any atom is 0.353 e. The molecule has 2 aliphatic rings. The standard InChI is InChI=1S/C9H15N3O2.C9H17NO2.2CH4/c1-6-5-14-9(3,4)12(6)8(13)7(2)11-10;1-5-8(11)10-7(2)6-12-9(10,3)4;;/h6H,5H2,1-4H3;7H,5-6H2,1-4H3;2*1H4. The van der Waals surface area contributed by atoms with Gasteiger partial charge in [0, 0.05) is 13.3 Å². The monoisotopic (exact) mass is 400 g/mol. The fourth-order valence-corrected chi connectivity index (χ4v) is 3.38. The fourth-order valence-electron chi connectivity index (χ4n) is 3.38. The Morgan fingerprint density at radius 1 is 1.00 bits per heavy atom. The van der Waals surface area contributed by atoms with E-state index in [0.29, 0.717) is 19.6 Å². The van der Waals surface area contributed by atoms with E-state index in [1.54, 1.807) is 4.90 Å². The van der Waals surface area contributed by atoms with E-state index in [1.165, 1.54) is 6.92 Å². The van der Waals surface area contributed by atoms with E-state index < -0.39 is 11.4 Å². The molecule has 0 spiro atoms. The molecule has 2 rings (SSSR count). The van der Waals surface area contributed by atoms with Crippen molar-refractivity contribution in [2.45, 2.75) is 100 Å². The van der Waals surface area contributed by atoms with E-state index in [-0.39, 0.29) is 44.5 Å². The molecule has 2 heterocycles. The van der Waals surface area contributed by atoms with Crippen LogP contribution in [-0.4, -0.2) is 68.9 Å². The molecule has 0 aromatic carbocycles. The first kappa shape index (κ1) is 28.4. The van der Waals surface area contributed by atoms with E-state index in [0.717, 1.165) is 0 Å². The van der Waals surface area contributed by atoms with Crippen molar-refractivity contribution in [3.63, 3.8) is 0 Å². The van der Waals surface area contributed by atoms with E-state index in [4.69, 9.17) is 15.0 Å². The molecule has 0 aliphatic carbocycles. The van der Waals surface area contributed by atoms with Crippen molar-refractivity contribution in [3.05, 3.63) is 5.53 Å². The number of hydrogen-bond acceptors (Lipinski definition) is 4. The van der Waals surface area contributed by atoms with Gasteiger partial charge in [-0.05, 0) is 41.5 Å². The van der Waals surface area contributed by atoms with Gasteiger partial charge in [0.2, 0.25) is 5.91 Å². The number of hydrogen-bond donors (Lipinski definition) is 0. The summed E-state index contributed by atoms with van der Waals surface area (Å²) in [7, 11) is 0. The molecule has 8 nitrogen and oxygen atoms in total. The summed E-state index contributed by atoms with van der Waals surface area (Å²) in [6.45, 7) is 15.9. The average Bonchev–Trinajstić information content (AvgIpc) is 3.00. The molecule has 2 saturated heterocycles. The quantitative estimate of drug-likeness (QED) is 0.403. The molecule has 2 fully saturated rings. The number of nitrogens with zero attached hydrogens (tertiary/aromatic N) is 4. The van der Waals surface area contributed by atoms with Gasteiger partial charge in [-0.1, -0.05) is 21.8 Å². The second kappa shape index (κ2) is 10.7. The second-order valence-electron chi connectivity index (χ2n) is 7.69.